The van der Waals surface area contributed by atoms with Crippen LogP contribution in [0.15, 0.2) is 18.2 Å². The minimum Gasteiger partial charge on any atom is -0.481 e. The number of benzene rings is 1. The molecule has 0 aliphatic rings. The van der Waals surface area contributed by atoms with Gasteiger partial charge in [-0.05, 0) is 17.2 Å². The Labute approximate surface area is 74.4 Å². The van der Waals surface area contributed by atoms with Gasteiger partial charge in [0.05, 0.1) is 13.0 Å². The molecule has 13 heavy (non-hydrogen) atoms. The van der Waals surface area contributed by atoms with Gasteiger partial charge in [0.15, 0.2) is 0 Å². The molecule has 1 aromatic carbocycles. The van der Waals surface area contributed by atoms with E-state index < -0.39 is 11.8 Å². The standard InChI is InChI=1S/C9H9FO3/c10-8-2-1-6(5-11)3-7(8)4-9(12)13/h1-3,11H,4-5H2,(H,12,13). The van der Waals surface area contributed by atoms with Crippen LogP contribution in [0.2, 0.25) is 0 Å². The zero-order valence-corrected chi connectivity index (χ0v) is 6.83. The number of aliphatic hydroxyl groups is 1. The van der Waals surface area contributed by atoms with E-state index in [4.69, 9.17) is 10.2 Å². The van der Waals surface area contributed by atoms with Gasteiger partial charge >= 0.3 is 5.97 Å². The van der Waals surface area contributed by atoms with Crippen molar-refractivity contribution in [2.45, 2.75) is 13.0 Å². The fourth-order valence-corrected chi connectivity index (χ4v) is 1.02. The molecular weight excluding hydrogens is 175 g/mol. The second-order valence-corrected chi connectivity index (χ2v) is 2.65. The molecule has 0 aromatic heterocycles. The van der Waals surface area contributed by atoms with Crippen LogP contribution in [0.25, 0.3) is 0 Å². The van der Waals surface area contributed by atoms with Crippen LogP contribution in [0.1, 0.15) is 11.1 Å². The minimum absolute atomic E-state index is 0.0963. The number of carboxylic acid groups (broad SMARTS) is 1. The lowest BCUT2D eigenvalue weighted by Gasteiger charge is -2.01. The van der Waals surface area contributed by atoms with Crippen LogP contribution in [-0.2, 0) is 17.8 Å². The monoisotopic (exact) mass is 184 g/mol. The first-order valence-electron chi connectivity index (χ1n) is 3.73. The summed E-state index contributed by atoms with van der Waals surface area (Å²) in [5, 5.41) is 17.1. The lowest BCUT2D eigenvalue weighted by atomic mass is 10.1. The molecule has 0 fully saturated rings. The maximum Gasteiger partial charge on any atom is 0.307 e. The Hall–Kier alpha value is -1.42. The fraction of sp³-hybridized carbons (Fsp3) is 0.222. The van der Waals surface area contributed by atoms with Crippen LogP contribution >= 0.6 is 0 Å². The molecule has 70 valence electrons. The molecule has 0 aliphatic heterocycles. The number of halogens is 1. The third-order valence-corrected chi connectivity index (χ3v) is 1.63. The molecule has 0 spiro atoms. The van der Waals surface area contributed by atoms with Crippen molar-refractivity contribution in [3.63, 3.8) is 0 Å². The summed E-state index contributed by atoms with van der Waals surface area (Å²) in [7, 11) is 0. The van der Waals surface area contributed by atoms with Crippen molar-refractivity contribution in [2.24, 2.45) is 0 Å². The summed E-state index contributed by atoms with van der Waals surface area (Å²) < 4.78 is 12.9. The van der Waals surface area contributed by atoms with Gasteiger partial charge in [0.25, 0.3) is 0 Å². The molecule has 0 amide bonds. The summed E-state index contributed by atoms with van der Waals surface area (Å²) in [6.07, 6.45) is -0.361. The van der Waals surface area contributed by atoms with Gasteiger partial charge in [-0.2, -0.15) is 0 Å². The van der Waals surface area contributed by atoms with Gasteiger partial charge in [0.2, 0.25) is 0 Å². The van der Waals surface area contributed by atoms with Crippen LogP contribution in [0.4, 0.5) is 4.39 Å². The highest BCUT2D eigenvalue weighted by Gasteiger charge is 2.07. The quantitative estimate of drug-likeness (QED) is 0.735. The van der Waals surface area contributed by atoms with E-state index in [1.54, 1.807) is 0 Å². The van der Waals surface area contributed by atoms with E-state index in [0.717, 1.165) is 6.07 Å². The lowest BCUT2D eigenvalue weighted by molar-refractivity contribution is -0.136. The number of aliphatic hydroxyl groups excluding tert-OH is 1. The number of aliphatic carboxylic acids is 1. The van der Waals surface area contributed by atoms with Crippen molar-refractivity contribution >= 4 is 5.97 Å². The van der Waals surface area contributed by atoms with Gasteiger partial charge in [0.1, 0.15) is 5.82 Å². The molecule has 2 N–H and O–H groups in total. The van der Waals surface area contributed by atoms with Crippen LogP contribution in [0, 0.1) is 5.82 Å². The number of hydrogen-bond donors (Lipinski definition) is 2. The summed E-state index contributed by atoms with van der Waals surface area (Å²) in [4.78, 5) is 10.3. The predicted molar refractivity (Wildman–Crippen MR) is 43.7 cm³/mol. The summed E-state index contributed by atoms with van der Waals surface area (Å²) in [5.41, 5.74) is 0.608. The van der Waals surface area contributed by atoms with E-state index in [-0.39, 0.29) is 18.6 Å². The summed E-state index contributed by atoms with van der Waals surface area (Å²) in [6, 6.07) is 3.92. The van der Waals surface area contributed by atoms with Gasteiger partial charge in [-0.1, -0.05) is 12.1 Å². The van der Waals surface area contributed by atoms with E-state index >= 15 is 0 Å². The third kappa shape index (κ3) is 2.52. The van der Waals surface area contributed by atoms with Gasteiger partial charge in [-0.25, -0.2) is 4.39 Å². The molecule has 3 nitrogen and oxygen atoms in total. The van der Waals surface area contributed by atoms with Gasteiger partial charge in [-0.3, -0.25) is 4.79 Å². The second-order valence-electron chi connectivity index (χ2n) is 2.65. The maximum atomic E-state index is 12.9. The molecule has 0 saturated heterocycles. The zero-order chi connectivity index (χ0) is 9.84. The predicted octanol–water partition coefficient (Wildman–Crippen LogP) is 0.945. The number of hydrogen-bond acceptors (Lipinski definition) is 2. The average molecular weight is 184 g/mol. The fourth-order valence-electron chi connectivity index (χ4n) is 1.02. The van der Waals surface area contributed by atoms with E-state index in [1.165, 1.54) is 12.1 Å². The molecule has 0 radical (unpaired) electrons. The Morgan fingerprint density at radius 2 is 2.15 bits per heavy atom. The molecule has 0 aliphatic carbocycles. The molecule has 1 rings (SSSR count). The molecular formula is C9H9FO3. The molecule has 1 aromatic rings. The molecule has 4 heteroatoms. The Balaban J connectivity index is 2.96. The highest BCUT2D eigenvalue weighted by Crippen LogP contribution is 2.11. The second kappa shape index (κ2) is 4.00. The van der Waals surface area contributed by atoms with Crippen LogP contribution in [-0.4, -0.2) is 16.2 Å². The molecule has 0 atom stereocenters. The van der Waals surface area contributed by atoms with Gasteiger partial charge in [-0.15, -0.1) is 0 Å². The van der Waals surface area contributed by atoms with Crippen molar-refractivity contribution in [1.82, 2.24) is 0 Å². The smallest absolute Gasteiger partial charge is 0.307 e. The Morgan fingerprint density at radius 3 is 2.69 bits per heavy atom. The molecule has 0 unspecified atom stereocenters. The van der Waals surface area contributed by atoms with Crippen molar-refractivity contribution < 1.29 is 19.4 Å². The number of carboxylic acids is 1. The number of rotatable bonds is 3. The lowest BCUT2D eigenvalue weighted by Crippen LogP contribution is -2.03. The Morgan fingerprint density at radius 1 is 1.46 bits per heavy atom. The van der Waals surface area contributed by atoms with Crippen LogP contribution < -0.4 is 0 Å². The highest BCUT2D eigenvalue weighted by atomic mass is 19.1. The average Bonchev–Trinajstić information content (AvgIpc) is 2.08. The van der Waals surface area contributed by atoms with Crippen LogP contribution in [0.3, 0.4) is 0 Å². The SMILES string of the molecule is O=C(O)Cc1cc(CO)ccc1F. The summed E-state index contributed by atoms with van der Waals surface area (Å²) in [5.74, 6) is -1.64. The van der Waals surface area contributed by atoms with E-state index in [9.17, 15) is 9.18 Å². The largest absolute Gasteiger partial charge is 0.481 e. The van der Waals surface area contributed by atoms with Crippen molar-refractivity contribution in [3.05, 3.63) is 35.1 Å². The maximum absolute atomic E-state index is 12.9. The Bertz CT molecular complexity index is 323. The number of carbonyl (C=O) groups is 1. The minimum atomic E-state index is -1.09. The first-order chi connectivity index (χ1) is 6.13. The first kappa shape index (κ1) is 9.67. The highest BCUT2D eigenvalue weighted by molar-refractivity contribution is 5.70. The third-order valence-electron chi connectivity index (χ3n) is 1.63. The summed E-state index contributed by atoms with van der Waals surface area (Å²) in [6.45, 7) is -0.215. The van der Waals surface area contributed by atoms with Crippen molar-refractivity contribution in [1.29, 1.82) is 0 Å². The van der Waals surface area contributed by atoms with Gasteiger partial charge < -0.3 is 10.2 Å². The zero-order valence-electron chi connectivity index (χ0n) is 6.83. The van der Waals surface area contributed by atoms with E-state index in [0.29, 0.717) is 5.56 Å². The molecule has 0 bridgehead atoms. The molecule has 0 saturated carbocycles. The Kier molecular flexibility index (Phi) is 2.97. The topological polar surface area (TPSA) is 57.5 Å². The molecule has 0 heterocycles. The normalized spacial score (nSPS) is 10.0. The van der Waals surface area contributed by atoms with Gasteiger partial charge in [0, 0.05) is 0 Å². The van der Waals surface area contributed by atoms with E-state index in [1.807, 2.05) is 0 Å². The van der Waals surface area contributed by atoms with Crippen molar-refractivity contribution in [2.75, 3.05) is 0 Å². The first-order valence-corrected chi connectivity index (χ1v) is 3.73. The summed E-state index contributed by atoms with van der Waals surface area (Å²) >= 11 is 0. The van der Waals surface area contributed by atoms with E-state index in [2.05, 4.69) is 0 Å². The van der Waals surface area contributed by atoms with Crippen molar-refractivity contribution in [3.8, 4) is 0 Å². The van der Waals surface area contributed by atoms with Crippen LogP contribution in [0.5, 0.6) is 0 Å².